The second-order valence-corrected chi connectivity index (χ2v) is 6.92. The minimum absolute atomic E-state index is 0.0284. The summed E-state index contributed by atoms with van der Waals surface area (Å²) in [6.45, 7) is 4.75. The fourth-order valence-corrected chi connectivity index (χ4v) is 3.01. The topological polar surface area (TPSA) is 50.4 Å². The van der Waals surface area contributed by atoms with Crippen molar-refractivity contribution in [2.24, 2.45) is 0 Å². The second-order valence-electron chi connectivity index (χ2n) is 6.51. The van der Waals surface area contributed by atoms with Crippen molar-refractivity contribution in [1.29, 1.82) is 0 Å². The van der Waals surface area contributed by atoms with Gasteiger partial charge < -0.3 is 15.4 Å². The number of anilines is 1. The summed E-state index contributed by atoms with van der Waals surface area (Å²) in [6, 6.07) is 7.56. The lowest BCUT2D eigenvalue weighted by atomic mass is 10.1. The van der Waals surface area contributed by atoms with Crippen LogP contribution >= 0.6 is 12.2 Å². The predicted octanol–water partition coefficient (Wildman–Crippen LogP) is 5.82. The van der Waals surface area contributed by atoms with Crippen molar-refractivity contribution >= 4 is 28.9 Å². The molecule has 0 aliphatic heterocycles. The molecule has 0 radical (unpaired) electrons. The van der Waals surface area contributed by atoms with Crippen LogP contribution in [0.25, 0.3) is 0 Å². The molecule has 0 aliphatic rings. The van der Waals surface area contributed by atoms with E-state index in [1.807, 2.05) is 31.2 Å². The van der Waals surface area contributed by atoms with E-state index in [4.69, 9.17) is 17.0 Å². The molecule has 0 aromatic heterocycles. The Morgan fingerprint density at radius 1 is 0.962 bits per heavy atom. The van der Waals surface area contributed by atoms with E-state index in [9.17, 15) is 4.79 Å². The zero-order chi connectivity index (χ0) is 19.0. The lowest BCUT2D eigenvalue weighted by molar-refractivity contribution is -0.119. The van der Waals surface area contributed by atoms with Gasteiger partial charge in [0, 0.05) is 6.42 Å². The highest BCUT2D eigenvalue weighted by molar-refractivity contribution is 7.80. The molecule has 0 saturated heterocycles. The maximum atomic E-state index is 12.0. The Hall–Kier alpha value is -1.62. The lowest BCUT2D eigenvalue weighted by Crippen LogP contribution is -2.34. The van der Waals surface area contributed by atoms with Gasteiger partial charge in [0.25, 0.3) is 0 Å². The van der Waals surface area contributed by atoms with Crippen LogP contribution in [0.2, 0.25) is 0 Å². The number of carbonyl (C=O) groups is 1. The molecule has 146 valence electrons. The van der Waals surface area contributed by atoms with Gasteiger partial charge >= 0.3 is 0 Å². The molecule has 1 rings (SSSR count). The molecular weight excluding hydrogens is 344 g/mol. The zero-order valence-corrected chi connectivity index (χ0v) is 17.1. The van der Waals surface area contributed by atoms with Crippen LogP contribution in [0.3, 0.4) is 0 Å². The molecule has 0 aliphatic carbocycles. The smallest absolute Gasteiger partial charge is 0.226 e. The molecule has 0 bridgehead atoms. The van der Waals surface area contributed by atoms with Crippen LogP contribution in [0.15, 0.2) is 24.3 Å². The van der Waals surface area contributed by atoms with Gasteiger partial charge in [-0.25, -0.2) is 0 Å². The summed E-state index contributed by atoms with van der Waals surface area (Å²) in [5.74, 6) is 0.699. The summed E-state index contributed by atoms with van der Waals surface area (Å²) in [7, 11) is 0. The zero-order valence-electron chi connectivity index (χ0n) is 16.3. The highest BCUT2D eigenvalue weighted by atomic mass is 32.1. The molecule has 1 aromatic rings. The monoisotopic (exact) mass is 378 g/mol. The van der Waals surface area contributed by atoms with Gasteiger partial charge in [0.05, 0.1) is 12.3 Å². The highest BCUT2D eigenvalue weighted by Gasteiger charge is 2.07. The molecule has 4 nitrogen and oxygen atoms in total. The maximum absolute atomic E-state index is 12.0. The van der Waals surface area contributed by atoms with Crippen LogP contribution < -0.4 is 15.4 Å². The fourth-order valence-electron chi connectivity index (χ4n) is 2.79. The van der Waals surface area contributed by atoms with Crippen molar-refractivity contribution in [2.75, 3.05) is 11.9 Å². The quantitative estimate of drug-likeness (QED) is 0.335. The Balaban J connectivity index is 2.14. The number of benzene rings is 1. The summed E-state index contributed by atoms with van der Waals surface area (Å²) >= 11 is 5.23. The molecule has 5 heteroatoms. The number of hydrogen-bond donors (Lipinski definition) is 2. The molecule has 0 heterocycles. The van der Waals surface area contributed by atoms with Gasteiger partial charge in [0.15, 0.2) is 5.11 Å². The number of nitrogens with one attached hydrogen (secondary N) is 2. The van der Waals surface area contributed by atoms with Crippen molar-refractivity contribution in [1.82, 2.24) is 5.32 Å². The first kappa shape index (κ1) is 22.4. The predicted molar refractivity (Wildman–Crippen MR) is 114 cm³/mol. The molecule has 26 heavy (non-hydrogen) atoms. The SMILES string of the molecule is CCCCCCCCCCCC(=O)NC(=S)Nc1ccccc1OCC. The number of amides is 1. The van der Waals surface area contributed by atoms with Gasteiger partial charge in [-0.1, -0.05) is 70.4 Å². The molecule has 0 spiro atoms. The Bertz CT molecular complexity index is 534. The van der Waals surface area contributed by atoms with Crippen molar-refractivity contribution in [3.63, 3.8) is 0 Å². The minimum Gasteiger partial charge on any atom is -0.492 e. The Labute approximate surface area is 164 Å². The average molecular weight is 379 g/mol. The van der Waals surface area contributed by atoms with E-state index in [-0.39, 0.29) is 5.91 Å². The average Bonchev–Trinajstić information content (AvgIpc) is 2.62. The molecule has 0 saturated carbocycles. The Morgan fingerprint density at radius 2 is 1.58 bits per heavy atom. The number of rotatable bonds is 13. The molecular formula is C21H34N2O2S. The number of hydrogen-bond acceptors (Lipinski definition) is 3. The third-order valence-electron chi connectivity index (χ3n) is 4.20. The lowest BCUT2D eigenvalue weighted by Gasteiger charge is -2.13. The summed E-state index contributed by atoms with van der Waals surface area (Å²) in [4.78, 5) is 12.0. The standard InChI is InChI=1S/C21H34N2O2S/c1-3-5-6-7-8-9-10-11-12-17-20(24)23-21(26)22-18-15-13-14-16-19(18)25-4-2/h13-16H,3-12,17H2,1-2H3,(H2,22,23,24,26). The third kappa shape index (κ3) is 10.4. The number of para-hydroxylation sites is 2. The number of thiocarbonyl (C=S) groups is 1. The molecule has 0 fully saturated rings. The van der Waals surface area contributed by atoms with Gasteiger partial charge in [0.2, 0.25) is 5.91 Å². The first-order valence-corrected chi connectivity index (χ1v) is 10.4. The van der Waals surface area contributed by atoms with E-state index < -0.39 is 0 Å². The highest BCUT2D eigenvalue weighted by Crippen LogP contribution is 2.23. The molecule has 1 amide bonds. The summed E-state index contributed by atoms with van der Waals surface area (Å²) < 4.78 is 5.54. The van der Waals surface area contributed by atoms with Crippen molar-refractivity contribution in [2.45, 2.75) is 78.1 Å². The summed E-state index contributed by atoms with van der Waals surface area (Å²) in [6.07, 6.45) is 11.7. The van der Waals surface area contributed by atoms with Crippen molar-refractivity contribution in [3.05, 3.63) is 24.3 Å². The van der Waals surface area contributed by atoms with Gasteiger partial charge in [-0.05, 0) is 37.7 Å². The minimum atomic E-state index is -0.0284. The van der Waals surface area contributed by atoms with Gasteiger partial charge in [-0.2, -0.15) is 0 Å². The Kier molecular flexibility index (Phi) is 12.5. The van der Waals surface area contributed by atoms with Gasteiger partial charge in [-0.3, -0.25) is 4.79 Å². The maximum Gasteiger partial charge on any atom is 0.226 e. The van der Waals surface area contributed by atoms with Crippen LogP contribution in [-0.4, -0.2) is 17.6 Å². The van der Waals surface area contributed by atoms with Gasteiger partial charge in [0.1, 0.15) is 5.75 Å². The van der Waals surface area contributed by atoms with E-state index in [1.54, 1.807) is 0 Å². The van der Waals surface area contributed by atoms with Crippen LogP contribution in [0.4, 0.5) is 5.69 Å². The van der Waals surface area contributed by atoms with E-state index in [1.165, 1.54) is 44.9 Å². The van der Waals surface area contributed by atoms with E-state index in [0.717, 1.165) is 24.3 Å². The Morgan fingerprint density at radius 3 is 2.23 bits per heavy atom. The van der Waals surface area contributed by atoms with Crippen LogP contribution in [-0.2, 0) is 4.79 Å². The van der Waals surface area contributed by atoms with Gasteiger partial charge in [-0.15, -0.1) is 0 Å². The van der Waals surface area contributed by atoms with E-state index in [2.05, 4.69) is 17.6 Å². The summed E-state index contributed by atoms with van der Waals surface area (Å²) in [5.41, 5.74) is 0.766. The first-order valence-electron chi connectivity index (χ1n) is 10.00. The number of unbranched alkanes of at least 4 members (excludes halogenated alkanes) is 8. The van der Waals surface area contributed by atoms with E-state index >= 15 is 0 Å². The van der Waals surface area contributed by atoms with E-state index in [0.29, 0.717) is 18.1 Å². The number of carbonyl (C=O) groups excluding carboxylic acids is 1. The second kappa shape index (κ2) is 14.5. The molecule has 0 unspecified atom stereocenters. The van der Waals surface area contributed by atoms with Crippen LogP contribution in [0.1, 0.15) is 78.1 Å². The van der Waals surface area contributed by atoms with Crippen LogP contribution in [0.5, 0.6) is 5.75 Å². The summed E-state index contributed by atoms with van der Waals surface area (Å²) in [5, 5.41) is 6.10. The molecule has 1 aromatic carbocycles. The van der Waals surface area contributed by atoms with Crippen molar-refractivity contribution < 1.29 is 9.53 Å². The van der Waals surface area contributed by atoms with Crippen molar-refractivity contribution in [3.8, 4) is 5.75 Å². The molecule has 0 atom stereocenters. The molecule has 2 N–H and O–H groups in total. The third-order valence-corrected chi connectivity index (χ3v) is 4.40. The van der Waals surface area contributed by atoms with Crippen LogP contribution in [0, 0.1) is 0 Å². The number of ether oxygens (including phenoxy) is 1. The first-order chi connectivity index (χ1) is 12.7. The normalized spacial score (nSPS) is 10.4. The largest absolute Gasteiger partial charge is 0.492 e. The fraction of sp³-hybridized carbons (Fsp3) is 0.619.